The zero-order chi connectivity index (χ0) is 20.8. The first kappa shape index (κ1) is 19.9. The van der Waals surface area contributed by atoms with E-state index in [2.05, 4.69) is 0 Å². The Balaban J connectivity index is 1.58. The van der Waals surface area contributed by atoms with E-state index in [-0.39, 0.29) is 5.56 Å². The molecule has 0 aromatic heterocycles. The number of anilines is 1. The summed E-state index contributed by atoms with van der Waals surface area (Å²) < 4.78 is 50.1. The maximum atomic E-state index is 13.6. The van der Waals surface area contributed by atoms with Crippen molar-refractivity contribution in [1.82, 2.24) is 0 Å². The second-order valence-corrected chi connectivity index (χ2v) is 5.79. The highest BCUT2D eigenvalue weighted by atomic mass is 19.2. The van der Waals surface area contributed by atoms with E-state index in [1.54, 1.807) is 36.4 Å². The van der Waals surface area contributed by atoms with Crippen molar-refractivity contribution in [1.29, 1.82) is 0 Å². The molecule has 0 aliphatic rings. The van der Waals surface area contributed by atoms with Gasteiger partial charge in [0.15, 0.2) is 24.1 Å². The molecule has 3 aromatic carbocycles. The first-order valence-corrected chi connectivity index (χ1v) is 8.37. The van der Waals surface area contributed by atoms with Crippen LogP contribution in [0.4, 0.5) is 18.9 Å². The van der Waals surface area contributed by atoms with Crippen LogP contribution in [0.2, 0.25) is 0 Å². The molecule has 0 heterocycles. The van der Waals surface area contributed by atoms with E-state index in [1.165, 1.54) is 12.1 Å². The Morgan fingerprint density at radius 2 is 1.55 bits per heavy atom. The van der Waals surface area contributed by atoms with Gasteiger partial charge in [0.1, 0.15) is 11.5 Å². The lowest BCUT2D eigenvalue weighted by Crippen LogP contribution is -2.21. The number of hydrogen-bond donors (Lipinski definition) is 1. The van der Waals surface area contributed by atoms with Gasteiger partial charge < -0.3 is 14.8 Å². The number of halogens is 3. The molecule has 0 fully saturated rings. The van der Waals surface area contributed by atoms with Crippen LogP contribution in [0.1, 0.15) is 10.4 Å². The fourth-order valence-corrected chi connectivity index (χ4v) is 2.33. The summed E-state index contributed by atoms with van der Waals surface area (Å²) in [5, 5.41) is 2.01. The Kier molecular flexibility index (Phi) is 6.13. The van der Waals surface area contributed by atoms with Gasteiger partial charge in [-0.05, 0) is 42.5 Å². The molecule has 0 unspecified atom stereocenters. The Bertz CT molecular complexity index is 1040. The lowest BCUT2D eigenvalue weighted by atomic mass is 10.2. The van der Waals surface area contributed by atoms with Gasteiger partial charge in [-0.2, -0.15) is 0 Å². The molecule has 0 atom stereocenters. The summed E-state index contributed by atoms with van der Waals surface area (Å²) in [5.41, 5.74) is -0.437. The Labute approximate surface area is 163 Å². The maximum absolute atomic E-state index is 13.6. The number of hydrogen-bond acceptors (Lipinski definition) is 4. The summed E-state index contributed by atoms with van der Waals surface area (Å²) in [7, 11) is 0. The Morgan fingerprint density at radius 1 is 0.828 bits per heavy atom. The predicted molar refractivity (Wildman–Crippen MR) is 98.2 cm³/mol. The van der Waals surface area contributed by atoms with E-state index in [1.807, 2.05) is 11.4 Å². The molecule has 3 aromatic rings. The molecule has 3 rings (SSSR count). The number of carbonyl (C=O) groups is 2. The minimum absolute atomic E-state index is 0.130. The predicted octanol–water partition coefficient (Wildman–Crippen LogP) is 4.69. The molecule has 0 radical (unpaired) electrons. The fraction of sp³-hybridized carbons (Fsp3) is 0.0476. The molecule has 1 N–H and O–H groups in total. The zero-order valence-electron chi connectivity index (χ0n) is 14.8. The van der Waals surface area contributed by atoms with Crippen molar-refractivity contribution in [3.05, 3.63) is 89.7 Å². The van der Waals surface area contributed by atoms with Crippen LogP contribution in [0, 0.1) is 17.5 Å². The SMILES string of the molecule is O=C(COC(=O)c1cccc(Oc2ccccc2)c1)Nc1ccc(F)c(F)c1F. The second kappa shape index (κ2) is 8.92. The summed E-state index contributed by atoms with van der Waals surface area (Å²) in [6.07, 6.45) is 0. The van der Waals surface area contributed by atoms with Gasteiger partial charge in [-0.25, -0.2) is 18.0 Å². The molecular weight excluding hydrogens is 387 g/mol. The summed E-state index contributed by atoms with van der Waals surface area (Å²) in [6.45, 7) is -0.749. The van der Waals surface area contributed by atoms with Crippen molar-refractivity contribution in [2.75, 3.05) is 11.9 Å². The van der Waals surface area contributed by atoms with Gasteiger partial charge >= 0.3 is 5.97 Å². The van der Waals surface area contributed by atoms with Crippen molar-refractivity contribution < 1.29 is 32.2 Å². The van der Waals surface area contributed by atoms with E-state index >= 15 is 0 Å². The van der Waals surface area contributed by atoms with Gasteiger partial charge in [0.25, 0.3) is 5.91 Å². The number of ether oxygens (including phenoxy) is 2. The van der Waals surface area contributed by atoms with Crippen LogP contribution in [0.3, 0.4) is 0 Å². The van der Waals surface area contributed by atoms with E-state index in [0.29, 0.717) is 17.6 Å². The third-order valence-corrected chi connectivity index (χ3v) is 3.69. The highest BCUT2D eigenvalue weighted by molar-refractivity contribution is 5.95. The number of amides is 1. The van der Waals surface area contributed by atoms with Crippen LogP contribution in [0.5, 0.6) is 11.5 Å². The highest BCUT2D eigenvalue weighted by Crippen LogP contribution is 2.22. The minimum atomic E-state index is -1.71. The van der Waals surface area contributed by atoms with Gasteiger partial charge in [-0.3, -0.25) is 4.79 Å². The van der Waals surface area contributed by atoms with Crippen LogP contribution < -0.4 is 10.1 Å². The van der Waals surface area contributed by atoms with Gasteiger partial charge in [-0.1, -0.05) is 24.3 Å². The quantitative estimate of drug-likeness (QED) is 0.481. The smallest absolute Gasteiger partial charge is 0.338 e. The molecule has 0 aliphatic heterocycles. The third-order valence-electron chi connectivity index (χ3n) is 3.69. The largest absolute Gasteiger partial charge is 0.457 e. The molecule has 0 bridgehead atoms. The number of nitrogens with one attached hydrogen (secondary N) is 1. The monoisotopic (exact) mass is 401 g/mol. The van der Waals surface area contributed by atoms with E-state index < -0.39 is 41.6 Å². The van der Waals surface area contributed by atoms with Gasteiger partial charge in [0.05, 0.1) is 11.3 Å². The number of esters is 1. The zero-order valence-corrected chi connectivity index (χ0v) is 14.8. The fourth-order valence-electron chi connectivity index (χ4n) is 2.33. The first-order chi connectivity index (χ1) is 13.9. The van der Waals surface area contributed by atoms with Gasteiger partial charge in [-0.15, -0.1) is 0 Å². The van der Waals surface area contributed by atoms with Gasteiger partial charge in [0.2, 0.25) is 0 Å². The molecule has 0 aliphatic carbocycles. The van der Waals surface area contributed by atoms with Gasteiger partial charge in [0, 0.05) is 0 Å². The Morgan fingerprint density at radius 3 is 2.31 bits per heavy atom. The van der Waals surface area contributed by atoms with Crippen molar-refractivity contribution >= 4 is 17.6 Å². The minimum Gasteiger partial charge on any atom is -0.457 e. The van der Waals surface area contributed by atoms with Crippen molar-refractivity contribution in [3.8, 4) is 11.5 Å². The topological polar surface area (TPSA) is 64.6 Å². The summed E-state index contributed by atoms with van der Waals surface area (Å²) in [4.78, 5) is 23.9. The summed E-state index contributed by atoms with van der Waals surface area (Å²) in [5.74, 6) is -5.41. The molecular formula is C21H14F3NO4. The number of rotatable bonds is 6. The van der Waals surface area contributed by atoms with Crippen molar-refractivity contribution in [2.45, 2.75) is 0 Å². The summed E-state index contributed by atoms with van der Waals surface area (Å²) in [6, 6.07) is 16.5. The van der Waals surface area contributed by atoms with Crippen molar-refractivity contribution in [3.63, 3.8) is 0 Å². The van der Waals surface area contributed by atoms with E-state index in [4.69, 9.17) is 9.47 Å². The Hall–Kier alpha value is -3.81. The molecule has 148 valence electrons. The van der Waals surface area contributed by atoms with Crippen LogP contribution >= 0.6 is 0 Å². The number of para-hydroxylation sites is 1. The molecule has 0 saturated heterocycles. The average molecular weight is 401 g/mol. The van der Waals surface area contributed by atoms with Crippen LogP contribution in [0.15, 0.2) is 66.7 Å². The van der Waals surface area contributed by atoms with Crippen LogP contribution in [-0.2, 0) is 9.53 Å². The molecule has 0 saturated carbocycles. The highest BCUT2D eigenvalue weighted by Gasteiger charge is 2.16. The number of benzene rings is 3. The summed E-state index contributed by atoms with van der Waals surface area (Å²) >= 11 is 0. The number of carbonyl (C=O) groups excluding carboxylic acids is 2. The standard InChI is InChI=1S/C21H14F3NO4/c22-16-9-10-17(20(24)19(16)23)25-18(26)12-28-21(27)13-5-4-8-15(11-13)29-14-6-2-1-3-7-14/h1-11H,12H2,(H,25,26). The lowest BCUT2D eigenvalue weighted by molar-refractivity contribution is -0.119. The average Bonchev–Trinajstić information content (AvgIpc) is 2.73. The maximum Gasteiger partial charge on any atom is 0.338 e. The third kappa shape index (κ3) is 5.13. The first-order valence-electron chi connectivity index (χ1n) is 8.37. The lowest BCUT2D eigenvalue weighted by Gasteiger charge is -2.09. The molecule has 5 nitrogen and oxygen atoms in total. The second-order valence-electron chi connectivity index (χ2n) is 5.79. The molecule has 29 heavy (non-hydrogen) atoms. The van der Waals surface area contributed by atoms with Crippen molar-refractivity contribution in [2.24, 2.45) is 0 Å². The molecule has 8 heteroatoms. The molecule has 0 spiro atoms. The van der Waals surface area contributed by atoms with E-state index in [0.717, 1.165) is 6.07 Å². The van der Waals surface area contributed by atoms with Crippen LogP contribution in [0.25, 0.3) is 0 Å². The van der Waals surface area contributed by atoms with Crippen LogP contribution in [-0.4, -0.2) is 18.5 Å². The van der Waals surface area contributed by atoms with E-state index in [9.17, 15) is 22.8 Å². The molecule has 1 amide bonds. The normalized spacial score (nSPS) is 10.3.